The summed E-state index contributed by atoms with van der Waals surface area (Å²) in [5, 5.41) is 13.9. The van der Waals surface area contributed by atoms with Crippen molar-refractivity contribution in [1.29, 1.82) is 0 Å². The van der Waals surface area contributed by atoms with Crippen LogP contribution in [0.1, 0.15) is 13.8 Å². The van der Waals surface area contributed by atoms with Gasteiger partial charge in [-0.05, 0) is 26.0 Å². The van der Waals surface area contributed by atoms with Gasteiger partial charge in [0.25, 0.3) is 0 Å². The summed E-state index contributed by atoms with van der Waals surface area (Å²) in [7, 11) is 0. The van der Waals surface area contributed by atoms with Crippen molar-refractivity contribution in [2.45, 2.75) is 26.1 Å². The molecule has 0 spiro atoms. The van der Waals surface area contributed by atoms with E-state index < -0.39 is 6.10 Å². The SMILES string of the molecule is CC(C)OCCNCC(O)COc1cc(Cl)ccc1Cl. The molecule has 0 aliphatic rings. The maximum absolute atomic E-state index is 9.77. The highest BCUT2D eigenvalue weighted by atomic mass is 35.5. The molecule has 4 nitrogen and oxygen atoms in total. The third-order valence-corrected chi connectivity index (χ3v) is 2.98. The number of ether oxygens (including phenoxy) is 2. The standard InChI is InChI=1S/C14H21Cl2NO3/c1-10(2)19-6-5-17-8-12(18)9-20-14-7-11(15)3-4-13(14)16/h3-4,7,10,12,17-18H,5-6,8-9H2,1-2H3. The lowest BCUT2D eigenvalue weighted by Gasteiger charge is -2.14. The molecule has 6 heteroatoms. The lowest BCUT2D eigenvalue weighted by molar-refractivity contribution is 0.0735. The Hall–Kier alpha value is -0.520. The Balaban J connectivity index is 2.19. The molecule has 0 heterocycles. The molecule has 1 rings (SSSR count). The Morgan fingerprint density at radius 1 is 1.30 bits per heavy atom. The topological polar surface area (TPSA) is 50.7 Å². The van der Waals surface area contributed by atoms with Crippen LogP contribution in [0.3, 0.4) is 0 Å². The molecule has 0 saturated heterocycles. The predicted octanol–water partition coefficient (Wildman–Crippen LogP) is 2.75. The molecule has 0 aliphatic carbocycles. The van der Waals surface area contributed by atoms with Gasteiger partial charge in [0.1, 0.15) is 18.5 Å². The lowest BCUT2D eigenvalue weighted by Crippen LogP contribution is -2.33. The van der Waals surface area contributed by atoms with Crippen LogP contribution < -0.4 is 10.1 Å². The van der Waals surface area contributed by atoms with E-state index in [9.17, 15) is 5.11 Å². The molecule has 1 unspecified atom stereocenters. The van der Waals surface area contributed by atoms with Crippen molar-refractivity contribution in [1.82, 2.24) is 5.32 Å². The van der Waals surface area contributed by atoms with Gasteiger partial charge < -0.3 is 19.9 Å². The molecule has 0 fully saturated rings. The molecule has 0 aliphatic heterocycles. The summed E-state index contributed by atoms with van der Waals surface area (Å²) < 4.78 is 10.8. The number of nitrogens with one attached hydrogen (secondary N) is 1. The van der Waals surface area contributed by atoms with Crippen LogP contribution in [0.25, 0.3) is 0 Å². The Morgan fingerprint density at radius 3 is 2.75 bits per heavy atom. The van der Waals surface area contributed by atoms with Crippen LogP contribution in [0.15, 0.2) is 18.2 Å². The van der Waals surface area contributed by atoms with E-state index in [1.165, 1.54) is 0 Å². The molecule has 0 amide bonds. The van der Waals surface area contributed by atoms with E-state index in [1.807, 2.05) is 13.8 Å². The molecule has 0 bridgehead atoms. The van der Waals surface area contributed by atoms with Crippen LogP contribution in [0.4, 0.5) is 0 Å². The van der Waals surface area contributed by atoms with Crippen molar-refractivity contribution in [3.05, 3.63) is 28.2 Å². The van der Waals surface area contributed by atoms with Crippen LogP contribution >= 0.6 is 23.2 Å². The second kappa shape index (κ2) is 9.42. The molecular formula is C14H21Cl2NO3. The average molecular weight is 322 g/mol. The van der Waals surface area contributed by atoms with E-state index in [-0.39, 0.29) is 12.7 Å². The molecule has 114 valence electrons. The van der Waals surface area contributed by atoms with Gasteiger partial charge in [0, 0.05) is 24.2 Å². The number of aliphatic hydroxyl groups excluding tert-OH is 1. The fraction of sp³-hybridized carbons (Fsp3) is 0.571. The summed E-state index contributed by atoms with van der Waals surface area (Å²) in [6, 6.07) is 4.97. The van der Waals surface area contributed by atoms with Crippen LogP contribution in [-0.2, 0) is 4.74 Å². The fourth-order valence-corrected chi connectivity index (χ4v) is 1.80. The number of rotatable bonds is 9. The van der Waals surface area contributed by atoms with Gasteiger partial charge in [-0.3, -0.25) is 0 Å². The smallest absolute Gasteiger partial charge is 0.139 e. The average Bonchev–Trinajstić information content (AvgIpc) is 2.39. The summed E-state index contributed by atoms with van der Waals surface area (Å²) in [5.74, 6) is 0.473. The van der Waals surface area contributed by atoms with Crippen molar-refractivity contribution in [3.8, 4) is 5.75 Å². The van der Waals surface area contributed by atoms with Crippen molar-refractivity contribution in [2.75, 3.05) is 26.3 Å². The maximum Gasteiger partial charge on any atom is 0.139 e. The van der Waals surface area contributed by atoms with Gasteiger partial charge in [-0.15, -0.1) is 0 Å². The first-order valence-electron chi connectivity index (χ1n) is 6.57. The first kappa shape index (κ1) is 17.5. The molecule has 20 heavy (non-hydrogen) atoms. The summed E-state index contributed by atoms with van der Waals surface area (Å²) in [5.41, 5.74) is 0. The highest BCUT2D eigenvalue weighted by Crippen LogP contribution is 2.27. The highest BCUT2D eigenvalue weighted by Gasteiger charge is 2.07. The Morgan fingerprint density at radius 2 is 2.05 bits per heavy atom. The number of halogens is 2. The van der Waals surface area contributed by atoms with Gasteiger partial charge in [0.15, 0.2) is 0 Å². The zero-order valence-electron chi connectivity index (χ0n) is 11.7. The van der Waals surface area contributed by atoms with E-state index in [4.69, 9.17) is 32.7 Å². The van der Waals surface area contributed by atoms with Gasteiger partial charge in [-0.2, -0.15) is 0 Å². The summed E-state index contributed by atoms with van der Waals surface area (Å²) in [6.45, 7) is 5.85. The van der Waals surface area contributed by atoms with E-state index in [2.05, 4.69) is 5.32 Å². The zero-order valence-corrected chi connectivity index (χ0v) is 13.2. The van der Waals surface area contributed by atoms with E-state index >= 15 is 0 Å². The number of aliphatic hydroxyl groups is 1. The van der Waals surface area contributed by atoms with E-state index in [0.717, 1.165) is 0 Å². The minimum absolute atomic E-state index is 0.151. The molecule has 0 radical (unpaired) electrons. The van der Waals surface area contributed by atoms with Gasteiger partial charge in [0.05, 0.1) is 17.7 Å². The van der Waals surface area contributed by atoms with Gasteiger partial charge in [-0.25, -0.2) is 0 Å². The molecule has 1 atom stereocenters. The van der Waals surface area contributed by atoms with Crippen molar-refractivity contribution in [2.24, 2.45) is 0 Å². The lowest BCUT2D eigenvalue weighted by atomic mass is 10.3. The van der Waals surface area contributed by atoms with Gasteiger partial charge >= 0.3 is 0 Å². The monoisotopic (exact) mass is 321 g/mol. The molecule has 0 saturated carbocycles. The number of hydrogen-bond acceptors (Lipinski definition) is 4. The molecule has 2 N–H and O–H groups in total. The molecular weight excluding hydrogens is 301 g/mol. The normalized spacial score (nSPS) is 12.7. The van der Waals surface area contributed by atoms with Gasteiger partial charge in [0.2, 0.25) is 0 Å². The Bertz CT molecular complexity index is 402. The van der Waals surface area contributed by atoms with Crippen LogP contribution in [0, 0.1) is 0 Å². The van der Waals surface area contributed by atoms with E-state index in [1.54, 1.807) is 18.2 Å². The highest BCUT2D eigenvalue weighted by molar-refractivity contribution is 6.34. The summed E-state index contributed by atoms with van der Waals surface area (Å²) in [4.78, 5) is 0. The van der Waals surface area contributed by atoms with Crippen LogP contribution in [0.5, 0.6) is 5.75 Å². The van der Waals surface area contributed by atoms with Crippen molar-refractivity contribution in [3.63, 3.8) is 0 Å². The molecule has 1 aromatic carbocycles. The Kier molecular flexibility index (Phi) is 8.26. The first-order valence-corrected chi connectivity index (χ1v) is 7.33. The summed E-state index contributed by atoms with van der Waals surface area (Å²) in [6.07, 6.45) is -0.404. The second-order valence-electron chi connectivity index (χ2n) is 4.66. The number of hydrogen-bond donors (Lipinski definition) is 2. The van der Waals surface area contributed by atoms with Crippen LogP contribution in [-0.4, -0.2) is 43.6 Å². The van der Waals surface area contributed by atoms with Crippen molar-refractivity contribution >= 4 is 23.2 Å². The molecule has 1 aromatic rings. The molecule has 0 aromatic heterocycles. The van der Waals surface area contributed by atoms with E-state index in [0.29, 0.717) is 35.5 Å². The fourth-order valence-electron chi connectivity index (χ4n) is 1.47. The number of benzene rings is 1. The Labute approximate surface area is 130 Å². The summed E-state index contributed by atoms with van der Waals surface area (Å²) >= 11 is 11.8. The van der Waals surface area contributed by atoms with Crippen LogP contribution in [0.2, 0.25) is 10.0 Å². The maximum atomic E-state index is 9.77. The quantitative estimate of drug-likeness (QED) is 0.687. The minimum Gasteiger partial charge on any atom is -0.489 e. The third-order valence-electron chi connectivity index (χ3n) is 2.43. The van der Waals surface area contributed by atoms with Crippen molar-refractivity contribution < 1.29 is 14.6 Å². The first-order chi connectivity index (χ1) is 9.49. The minimum atomic E-state index is -0.621. The predicted molar refractivity (Wildman–Crippen MR) is 81.9 cm³/mol. The second-order valence-corrected chi connectivity index (χ2v) is 5.51. The van der Waals surface area contributed by atoms with Gasteiger partial charge in [-0.1, -0.05) is 23.2 Å². The zero-order chi connectivity index (χ0) is 15.0. The third kappa shape index (κ3) is 7.31. The largest absolute Gasteiger partial charge is 0.489 e.